The molecule has 28 heavy (non-hydrogen) atoms. The number of hydrogen-bond acceptors (Lipinski definition) is 2. The third-order valence-electron chi connectivity index (χ3n) is 4.87. The van der Waals surface area contributed by atoms with Crippen LogP contribution in [0.4, 0.5) is 16.2 Å². The molecular formula is C22H18Cl2N2O2. The number of halogens is 2. The lowest BCUT2D eigenvalue weighted by Crippen LogP contribution is -2.44. The normalized spacial score (nSPS) is 19.4. The molecule has 1 unspecified atom stereocenters. The van der Waals surface area contributed by atoms with Crippen LogP contribution in [0.15, 0.2) is 72.8 Å². The predicted molar refractivity (Wildman–Crippen MR) is 113 cm³/mol. The largest absolute Gasteiger partial charge is 0.365 e. The second-order valence-electron chi connectivity index (χ2n) is 6.84. The van der Waals surface area contributed by atoms with E-state index >= 15 is 0 Å². The Balaban J connectivity index is 1.84. The SMILES string of the molecule is Cc1cccc(C2(O)CN(c3ccc(Cl)cc3)C(=O)N2c2ccc(Cl)cc2)c1. The van der Waals surface area contributed by atoms with E-state index in [1.165, 1.54) is 4.90 Å². The lowest BCUT2D eigenvalue weighted by molar-refractivity contribution is 0.0655. The lowest BCUT2D eigenvalue weighted by Gasteiger charge is -2.32. The van der Waals surface area contributed by atoms with Crippen LogP contribution in [0.3, 0.4) is 0 Å². The lowest BCUT2D eigenvalue weighted by atomic mass is 9.99. The molecule has 3 aromatic rings. The Bertz CT molecular complexity index is 1020. The van der Waals surface area contributed by atoms with Crippen molar-refractivity contribution in [1.29, 1.82) is 0 Å². The Hall–Kier alpha value is -2.53. The molecule has 1 atom stereocenters. The summed E-state index contributed by atoms with van der Waals surface area (Å²) >= 11 is 12.0. The molecule has 4 rings (SSSR count). The van der Waals surface area contributed by atoms with Crippen LogP contribution in [-0.4, -0.2) is 17.7 Å². The molecule has 0 radical (unpaired) electrons. The zero-order valence-electron chi connectivity index (χ0n) is 15.1. The van der Waals surface area contributed by atoms with Crippen molar-refractivity contribution in [2.24, 2.45) is 0 Å². The van der Waals surface area contributed by atoms with Gasteiger partial charge in [0.2, 0.25) is 0 Å². The standard InChI is InChI=1S/C22H18Cl2N2O2/c1-15-3-2-4-16(13-15)22(28)14-25(19-9-5-17(23)6-10-19)21(27)26(22)20-11-7-18(24)8-12-20/h2-13,28H,14H2,1H3. The van der Waals surface area contributed by atoms with Crippen molar-refractivity contribution in [3.8, 4) is 0 Å². The summed E-state index contributed by atoms with van der Waals surface area (Å²) in [4.78, 5) is 16.3. The van der Waals surface area contributed by atoms with E-state index in [0.29, 0.717) is 27.0 Å². The zero-order valence-corrected chi connectivity index (χ0v) is 16.7. The van der Waals surface area contributed by atoms with Crippen LogP contribution in [0.25, 0.3) is 0 Å². The number of carbonyl (C=O) groups excluding carboxylic acids is 1. The third kappa shape index (κ3) is 3.24. The van der Waals surface area contributed by atoms with E-state index in [1.807, 2.05) is 31.2 Å². The number of β-amino-alcohol motifs (C(OH)–C–C–N with tert-alkyl or cyclic N) is 1. The van der Waals surface area contributed by atoms with Gasteiger partial charge in [-0.15, -0.1) is 0 Å². The highest BCUT2D eigenvalue weighted by atomic mass is 35.5. The van der Waals surface area contributed by atoms with Crippen LogP contribution >= 0.6 is 23.2 Å². The van der Waals surface area contributed by atoms with Gasteiger partial charge in [-0.3, -0.25) is 9.80 Å². The maximum atomic E-state index is 13.4. The van der Waals surface area contributed by atoms with E-state index in [-0.39, 0.29) is 12.6 Å². The van der Waals surface area contributed by atoms with Gasteiger partial charge < -0.3 is 5.11 Å². The fraction of sp³-hybridized carbons (Fsp3) is 0.136. The van der Waals surface area contributed by atoms with Crippen molar-refractivity contribution in [1.82, 2.24) is 0 Å². The molecule has 0 saturated carbocycles. The number of amides is 2. The minimum Gasteiger partial charge on any atom is -0.365 e. The van der Waals surface area contributed by atoms with Gasteiger partial charge in [-0.05, 0) is 55.5 Å². The third-order valence-corrected chi connectivity index (χ3v) is 5.38. The van der Waals surface area contributed by atoms with E-state index in [4.69, 9.17) is 23.2 Å². The van der Waals surface area contributed by atoms with Gasteiger partial charge >= 0.3 is 6.03 Å². The molecular weight excluding hydrogens is 395 g/mol. The number of rotatable bonds is 3. The summed E-state index contributed by atoms with van der Waals surface area (Å²) in [5.41, 5.74) is 1.34. The molecule has 142 valence electrons. The molecule has 0 bridgehead atoms. The quantitative estimate of drug-likeness (QED) is 0.608. The Kier molecular flexibility index (Phi) is 4.79. The van der Waals surface area contributed by atoms with E-state index in [1.54, 1.807) is 53.4 Å². The molecule has 1 heterocycles. The Morgan fingerprint density at radius 2 is 1.46 bits per heavy atom. The fourth-order valence-electron chi connectivity index (χ4n) is 3.49. The van der Waals surface area contributed by atoms with Crippen molar-refractivity contribution in [3.63, 3.8) is 0 Å². The van der Waals surface area contributed by atoms with Gasteiger partial charge in [0.05, 0.1) is 6.54 Å². The number of nitrogens with zero attached hydrogens (tertiary/aromatic N) is 2. The van der Waals surface area contributed by atoms with Crippen molar-refractivity contribution in [3.05, 3.63) is 94.0 Å². The first-order valence-electron chi connectivity index (χ1n) is 8.81. The average Bonchev–Trinajstić information content (AvgIpc) is 2.95. The number of benzene rings is 3. The molecule has 1 saturated heterocycles. The van der Waals surface area contributed by atoms with Gasteiger partial charge in [0.25, 0.3) is 0 Å². The van der Waals surface area contributed by atoms with Crippen LogP contribution in [0.2, 0.25) is 10.0 Å². The Labute approximate surface area is 173 Å². The van der Waals surface area contributed by atoms with Crippen LogP contribution in [0, 0.1) is 6.92 Å². The van der Waals surface area contributed by atoms with E-state index in [2.05, 4.69) is 0 Å². The Morgan fingerprint density at radius 3 is 2.04 bits per heavy atom. The summed E-state index contributed by atoms with van der Waals surface area (Å²) in [5.74, 6) is 0. The second kappa shape index (κ2) is 7.13. The first-order chi connectivity index (χ1) is 13.4. The monoisotopic (exact) mass is 412 g/mol. The van der Waals surface area contributed by atoms with Crippen LogP contribution in [0.1, 0.15) is 11.1 Å². The molecule has 4 nitrogen and oxygen atoms in total. The summed E-state index contributed by atoms with van der Waals surface area (Å²) in [6.45, 7) is 2.03. The smallest absolute Gasteiger partial charge is 0.331 e. The summed E-state index contributed by atoms with van der Waals surface area (Å²) in [7, 11) is 0. The molecule has 0 aliphatic carbocycles. The summed E-state index contributed by atoms with van der Waals surface area (Å²) in [6.07, 6.45) is 0. The molecule has 3 aromatic carbocycles. The number of aliphatic hydroxyl groups is 1. The van der Waals surface area contributed by atoms with Crippen LogP contribution in [0.5, 0.6) is 0 Å². The number of hydrogen-bond donors (Lipinski definition) is 1. The van der Waals surface area contributed by atoms with Gasteiger partial charge in [0, 0.05) is 27.0 Å². The number of carbonyl (C=O) groups is 1. The summed E-state index contributed by atoms with van der Waals surface area (Å²) in [5, 5.41) is 12.9. The Morgan fingerprint density at radius 1 is 0.893 bits per heavy atom. The molecule has 1 aliphatic rings. The molecule has 0 spiro atoms. The molecule has 1 fully saturated rings. The van der Waals surface area contributed by atoms with Crippen LogP contribution in [-0.2, 0) is 5.72 Å². The summed E-state index contributed by atoms with van der Waals surface area (Å²) < 4.78 is 0. The second-order valence-corrected chi connectivity index (χ2v) is 7.72. The highest BCUT2D eigenvalue weighted by Crippen LogP contribution is 2.40. The minimum atomic E-state index is -1.53. The average molecular weight is 413 g/mol. The fourth-order valence-corrected chi connectivity index (χ4v) is 3.74. The molecule has 1 N–H and O–H groups in total. The maximum Gasteiger partial charge on any atom is 0.331 e. The molecule has 0 aromatic heterocycles. The van der Waals surface area contributed by atoms with Gasteiger partial charge in [0.15, 0.2) is 5.72 Å². The predicted octanol–water partition coefficient (Wildman–Crippen LogP) is 5.59. The highest BCUT2D eigenvalue weighted by molar-refractivity contribution is 6.31. The van der Waals surface area contributed by atoms with E-state index < -0.39 is 5.72 Å². The van der Waals surface area contributed by atoms with Crippen molar-refractivity contribution in [2.45, 2.75) is 12.6 Å². The van der Waals surface area contributed by atoms with Crippen molar-refractivity contribution < 1.29 is 9.90 Å². The van der Waals surface area contributed by atoms with Gasteiger partial charge in [-0.25, -0.2) is 4.79 Å². The highest BCUT2D eigenvalue weighted by Gasteiger charge is 2.51. The molecule has 6 heteroatoms. The van der Waals surface area contributed by atoms with E-state index in [9.17, 15) is 9.90 Å². The van der Waals surface area contributed by atoms with Crippen LogP contribution < -0.4 is 9.80 Å². The van der Waals surface area contributed by atoms with Gasteiger partial charge in [0.1, 0.15) is 0 Å². The number of urea groups is 1. The zero-order chi connectivity index (χ0) is 19.9. The maximum absolute atomic E-state index is 13.4. The van der Waals surface area contributed by atoms with Gasteiger partial charge in [-0.1, -0.05) is 53.0 Å². The number of aryl methyl sites for hydroxylation is 1. The van der Waals surface area contributed by atoms with Crippen molar-refractivity contribution in [2.75, 3.05) is 16.3 Å². The molecule has 2 amide bonds. The minimum absolute atomic E-state index is 0.0829. The van der Waals surface area contributed by atoms with Gasteiger partial charge in [-0.2, -0.15) is 0 Å². The number of anilines is 2. The topological polar surface area (TPSA) is 43.8 Å². The first kappa shape index (κ1) is 18.8. The molecule has 1 aliphatic heterocycles. The van der Waals surface area contributed by atoms with E-state index in [0.717, 1.165) is 5.56 Å². The van der Waals surface area contributed by atoms with Crippen molar-refractivity contribution >= 4 is 40.6 Å². The summed E-state index contributed by atoms with van der Waals surface area (Å²) in [6, 6.07) is 21.1. The first-order valence-corrected chi connectivity index (χ1v) is 9.56.